The second-order valence-electron chi connectivity index (χ2n) is 9.12. The van der Waals surface area contributed by atoms with E-state index >= 15 is 0 Å². The highest BCUT2D eigenvalue weighted by atomic mass is 19.4. The van der Waals surface area contributed by atoms with Gasteiger partial charge in [0.05, 0.1) is 44.6 Å². The number of nitrogens with zero attached hydrogens (tertiary/aromatic N) is 5. The van der Waals surface area contributed by atoms with Gasteiger partial charge in [-0.15, -0.1) is 0 Å². The minimum Gasteiger partial charge on any atom is -0.493 e. The minimum absolute atomic E-state index is 0.0393. The third-order valence-electron chi connectivity index (χ3n) is 6.76. The maximum Gasteiger partial charge on any atom is 0.433 e. The number of nitrogens with one attached hydrogen (secondary N) is 1. The molecule has 14 heteroatoms. The highest BCUT2D eigenvalue weighted by molar-refractivity contribution is 6.08. The quantitative estimate of drug-likeness (QED) is 0.301. The predicted octanol–water partition coefficient (Wildman–Crippen LogP) is 4.49. The lowest BCUT2D eigenvalue weighted by Gasteiger charge is -2.15. The highest BCUT2D eigenvalue weighted by Crippen LogP contribution is 2.42. The van der Waals surface area contributed by atoms with Crippen molar-refractivity contribution in [2.45, 2.75) is 13.1 Å². The molecule has 0 aliphatic rings. The molecule has 0 radical (unpaired) electrons. The zero-order valence-corrected chi connectivity index (χ0v) is 23.1. The average molecular weight is 583 g/mol. The second kappa shape index (κ2) is 10.6. The summed E-state index contributed by atoms with van der Waals surface area (Å²) in [6.07, 6.45) is -3.88. The van der Waals surface area contributed by atoms with Crippen LogP contribution in [-0.4, -0.2) is 51.2 Å². The Kier molecular flexibility index (Phi) is 7.14. The van der Waals surface area contributed by atoms with Crippen LogP contribution in [0, 0.1) is 6.92 Å². The summed E-state index contributed by atoms with van der Waals surface area (Å²) in [6.45, 7) is 1.63. The fourth-order valence-corrected chi connectivity index (χ4v) is 4.59. The number of para-hydroxylation sites is 1. The summed E-state index contributed by atoms with van der Waals surface area (Å²) in [7, 11) is 5.78. The number of aromatic nitrogens is 5. The Labute approximate surface area is 236 Å². The third-order valence-corrected chi connectivity index (χ3v) is 6.76. The zero-order chi connectivity index (χ0) is 30.3. The number of carbonyl (C=O) groups is 1. The Balaban J connectivity index is 1.64. The fraction of sp³-hybridized carbons (Fsp3) is 0.214. The van der Waals surface area contributed by atoms with Gasteiger partial charge in [0.1, 0.15) is 11.3 Å². The molecule has 0 saturated carbocycles. The maximum atomic E-state index is 14.2. The molecule has 2 aromatic carbocycles. The Morgan fingerprint density at radius 2 is 1.62 bits per heavy atom. The van der Waals surface area contributed by atoms with Gasteiger partial charge in [-0.1, -0.05) is 18.2 Å². The van der Waals surface area contributed by atoms with Crippen molar-refractivity contribution in [3.8, 4) is 34.2 Å². The van der Waals surface area contributed by atoms with Crippen LogP contribution in [0.4, 0.5) is 18.9 Å². The van der Waals surface area contributed by atoms with Crippen LogP contribution in [0.5, 0.6) is 17.2 Å². The van der Waals surface area contributed by atoms with Crippen molar-refractivity contribution >= 4 is 17.2 Å². The molecule has 0 aliphatic carbocycles. The number of benzene rings is 2. The third kappa shape index (κ3) is 4.70. The van der Waals surface area contributed by atoms with Crippen molar-refractivity contribution in [3.05, 3.63) is 82.0 Å². The van der Waals surface area contributed by atoms with Crippen LogP contribution < -0.4 is 25.1 Å². The lowest BCUT2D eigenvalue weighted by molar-refractivity contribution is -0.142. The topological polar surface area (TPSA) is 114 Å². The first kappa shape index (κ1) is 28.3. The normalized spacial score (nSPS) is 11.5. The number of ether oxygens (including phenoxy) is 3. The molecule has 1 amide bonds. The van der Waals surface area contributed by atoms with Gasteiger partial charge in [0.15, 0.2) is 22.8 Å². The molecule has 0 saturated heterocycles. The lowest BCUT2D eigenvalue weighted by atomic mass is 10.1. The molecule has 5 aromatic rings. The smallest absolute Gasteiger partial charge is 0.433 e. The molecule has 0 spiro atoms. The zero-order valence-electron chi connectivity index (χ0n) is 23.1. The van der Waals surface area contributed by atoms with E-state index in [1.54, 1.807) is 49.0 Å². The van der Waals surface area contributed by atoms with Gasteiger partial charge in [0.2, 0.25) is 5.75 Å². The lowest BCUT2D eigenvalue weighted by Crippen LogP contribution is -2.23. The number of fused-ring (bicyclic) bond motifs is 1. The number of amides is 1. The van der Waals surface area contributed by atoms with E-state index in [9.17, 15) is 22.8 Å². The highest BCUT2D eigenvalue weighted by Gasteiger charge is 2.36. The molecule has 3 heterocycles. The molecular formula is C28H25F3N6O5. The molecule has 42 heavy (non-hydrogen) atoms. The SMILES string of the molecule is COc1cc(-c2cc(C(F)(F)F)n3ncc(C(=O)Nc4c(C)n(C)n(-c5ccccc5)c4=O)c3n2)cc(OC)c1OC. The molecule has 11 nitrogen and oxygen atoms in total. The molecule has 0 fully saturated rings. The van der Waals surface area contributed by atoms with E-state index in [1.165, 1.54) is 38.1 Å². The van der Waals surface area contributed by atoms with Crippen molar-refractivity contribution < 1.29 is 32.2 Å². The maximum absolute atomic E-state index is 14.2. The number of methoxy groups -OCH3 is 3. The van der Waals surface area contributed by atoms with Crippen molar-refractivity contribution in [1.82, 2.24) is 24.0 Å². The monoisotopic (exact) mass is 582 g/mol. The number of halogens is 3. The summed E-state index contributed by atoms with van der Waals surface area (Å²) in [4.78, 5) is 31.1. The van der Waals surface area contributed by atoms with E-state index < -0.39 is 23.3 Å². The number of hydrogen-bond donors (Lipinski definition) is 1. The molecule has 0 atom stereocenters. The standard InChI is InChI=1S/C28H25F3N6O5/c1-15-23(27(39)37(35(15)2)17-9-7-6-8-10-17)34-26(38)18-14-32-36-22(28(29,30)31)13-19(33-25(18)36)16-11-20(40-3)24(42-5)21(12-16)41-4/h6-14H,1-5H3,(H,34,38). The molecule has 0 aliphatic heterocycles. The van der Waals surface area contributed by atoms with E-state index in [0.29, 0.717) is 15.9 Å². The minimum atomic E-state index is -4.85. The van der Waals surface area contributed by atoms with E-state index in [2.05, 4.69) is 15.4 Å². The van der Waals surface area contributed by atoms with Gasteiger partial charge in [-0.2, -0.15) is 18.3 Å². The van der Waals surface area contributed by atoms with Gasteiger partial charge in [-0.3, -0.25) is 14.3 Å². The summed E-state index contributed by atoms with van der Waals surface area (Å²) >= 11 is 0. The Morgan fingerprint density at radius 1 is 0.976 bits per heavy atom. The van der Waals surface area contributed by atoms with Gasteiger partial charge >= 0.3 is 6.18 Å². The van der Waals surface area contributed by atoms with Crippen molar-refractivity contribution in [2.75, 3.05) is 26.6 Å². The molecule has 218 valence electrons. The summed E-state index contributed by atoms with van der Waals surface area (Å²) in [6, 6.07) is 12.5. The van der Waals surface area contributed by atoms with Crippen LogP contribution >= 0.6 is 0 Å². The number of rotatable bonds is 7. The predicted molar refractivity (Wildman–Crippen MR) is 147 cm³/mol. The first-order valence-electron chi connectivity index (χ1n) is 12.4. The van der Waals surface area contributed by atoms with Crippen LogP contribution in [0.25, 0.3) is 22.6 Å². The summed E-state index contributed by atoms with van der Waals surface area (Å²) < 4.78 is 62.0. The van der Waals surface area contributed by atoms with Crippen LogP contribution in [0.1, 0.15) is 21.7 Å². The van der Waals surface area contributed by atoms with Gasteiger partial charge in [0.25, 0.3) is 11.5 Å². The van der Waals surface area contributed by atoms with E-state index in [4.69, 9.17) is 14.2 Å². The van der Waals surface area contributed by atoms with Crippen LogP contribution in [-0.2, 0) is 13.2 Å². The number of anilines is 1. The number of alkyl halides is 3. The van der Waals surface area contributed by atoms with Crippen molar-refractivity contribution in [2.24, 2.45) is 7.05 Å². The van der Waals surface area contributed by atoms with Gasteiger partial charge < -0.3 is 19.5 Å². The van der Waals surface area contributed by atoms with Crippen molar-refractivity contribution in [1.29, 1.82) is 0 Å². The molecule has 3 aromatic heterocycles. The van der Waals surface area contributed by atoms with Crippen LogP contribution in [0.2, 0.25) is 0 Å². The Hall–Kier alpha value is -5.27. The summed E-state index contributed by atoms with van der Waals surface area (Å²) in [5.74, 6) is -0.228. The van der Waals surface area contributed by atoms with Gasteiger partial charge in [-0.25, -0.2) is 14.2 Å². The second-order valence-corrected chi connectivity index (χ2v) is 9.12. The van der Waals surface area contributed by atoms with Crippen LogP contribution in [0.15, 0.2) is 59.5 Å². The van der Waals surface area contributed by atoms with E-state index in [-0.39, 0.29) is 45.4 Å². The Morgan fingerprint density at radius 3 is 2.19 bits per heavy atom. The first-order chi connectivity index (χ1) is 20.0. The van der Waals surface area contributed by atoms with Crippen molar-refractivity contribution in [3.63, 3.8) is 0 Å². The Bertz CT molecular complexity index is 1850. The molecular weight excluding hydrogens is 557 g/mol. The summed E-state index contributed by atoms with van der Waals surface area (Å²) in [5.41, 5.74) is -1.31. The molecule has 1 N–H and O–H groups in total. The van der Waals surface area contributed by atoms with Crippen LogP contribution in [0.3, 0.4) is 0 Å². The number of hydrogen-bond acceptors (Lipinski definition) is 7. The summed E-state index contributed by atoms with van der Waals surface area (Å²) in [5, 5.41) is 6.36. The molecule has 0 unspecified atom stereocenters. The number of carbonyl (C=O) groups excluding carboxylic acids is 1. The largest absolute Gasteiger partial charge is 0.493 e. The van der Waals surface area contributed by atoms with E-state index in [1.807, 2.05) is 0 Å². The molecule has 0 bridgehead atoms. The first-order valence-corrected chi connectivity index (χ1v) is 12.4. The van der Waals surface area contributed by atoms with Gasteiger partial charge in [0, 0.05) is 12.6 Å². The van der Waals surface area contributed by atoms with Gasteiger partial charge in [-0.05, 0) is 37.3 Å². The fourth-order valence-electron chi connectivity index (χ4n) is 4.59. The average Bonchev–Trinajstić information content (AvgIpc) is 3.50. The van der Waals surface area contributed by atoms with E-state index in [0.717, 1.165) is 12.3 Å². The molecule has 5 rings (SSSR count).